The van der Waals surface area contributed by atoms with Gasteiger partial charge in [-0.1, -0.05) is 36.4 Å². The molecule has 0 saturated carbocycles. The van der Waals surface area contributed by atoms with Gasteiger partial charge in [0, 0.05) is 23.2 Å². The summed E-state index contributed by atoms with van der Waals surface area (Å²) in [6.45, 7) is 2.86. The van der Waals surface area contributed by atoms with E-state index in [1.54, 1.807) is 0 Å². The van der Waals surface area contributed by atoms with Crippen molar-refractivity contribution in [3.8, 4) is 5.69 Å². The van der Waals surface area contributed by atoms with Gasteiger partial charge in [-0.2, -0.15) is 0 Å². The molecule has 0 atom stereocenters. The maximum atomic E-state index is 5.78. The lowest BCUT2D eigenvalue weighted by molar-refractivity contribution is 0.878. The van der Waals surface area contributed by atoms with Crippen molar-refractivity contribution in [1.82, 2.24) is 4.57 Å². The van der Waals surface area contributed by atoms with Crippen LogP contribution in [0.4, 0.5) is 0 Å². The zero-order chi connectivity index (χ0) is 13.2. The van der Waals surface area contributed by atoms with Gasteiger partial charge in [-0.3, -0.25) is 0 Å². The molecule has 0 aliphatic rings. The highest BCUT2D eigenvalue weighted by molar-refractivity contribution is 5.87. The number of rotatable bonds is 3. The van der Waals surface area contributed by atoms with Crippen LogP contribution in [0.3, 0.4) is 0 Å². The summed E-state index contributed by atoms with van der Waals surface area (Å²) in [6, 6.07) is 19.0. The second-order valence-electron chi connectivity index (χ2n) is 4.80. The number of aromatic nitrogens is 1. The number of nitrogens with zero attached hydrogens (tertiary/aromatic N) is 1. The first-order chi connectivity index (χ1) is 9.33. The average molecular weight is 250 g/mol. The van der Waals surface area contributed by atoms with Crippen molar-refractivity contribution in [3.05, 3.63) is 65.9 Å². The zero-order valence-electron chi connectivity index (χ0n) is 11.1. The lowest BCUT2D eigenvalue weighted by Crippen LogP contribution is -2.08. The maximum Gasteiger partial charge on any atom is 0.0534 e. The fourth-order valence-electron chi connectivity index (χ4n) is 2.76. The molecule has 1 heterocycles. The first-order valence-electron chi connectivity index (χ1n) is 6.67. The molecule has 0 bridgehead atoms. The molecule has 3 aromatic rings. The number of para-hydroxylation sites is 2. The van der Waals surface area contributed by atoms with Crippen LogP contribution in [0.2, 0.25) is 0 Å². The van der Waals surface area contributed by atoms with Crippen molar-refractivity contribution in [1.29, 1.82) is 0 Å². The Morgan fingerprint density at radius 1 is 0.947 bits per heavy atom. The van der Waals surface area contributed by atoms with Crippen LogP contribution in [0.5, 0.6) is 0 Å². The third-order valence-electron chi connectivity index (χ3n) is 3.65. The Kier molecular flexibility index (Phi) is 3.10. The molecule has 0 unspecified atom stereocenters. The molecule has 0 saturated heterocycles. The lowest BCUT2D eigenvalue weighted by atomic mass is 10.1. The summed E-state index contributed by atoms with van der Waals surface area (Å²) in [6.07, 6.45) is 0.898. The Morgan fingerprint density at radius 2 is 1.63 bits per heavy atom. The fraction of sp³-hybridized carbons (Fsp3) is 0.176. The van der Waals surface area contributed by atoms with Crippen LogP contribution in [-0.4, -0.2) is 11.1 Å². The van der Waals surface area contributed by atoms with E-state index in [2.05, 4.69) is 60.0 Å². The zero-order valence-corrected chi connectivity index (χ0v) is 11.1. The van der Waals surface area contributed by atoms with Crippen molar-refractivity contribution in [2.45, 2.75) is 13.3 Å². The van der Waals surface area contributed by atoms with Gasteiger partial charge >= 0.3 is 0 Å². The highest BCUT2D eigenvalue weighted by Gasteiger charge is 2.13. The van der Waals surface area contributed by atoms with Crippen molar-refractivity contribution >= 4 is 10.9 Å². The molecular weight excluding hydrogens is 232 g/mol. The molecule has 0 aliphatic carbocycles. The summed E-state index contributed by atoms with van der Waals surface area (Å²) in [7, 11) is 0. The molecule has 0 aliphatic heterocycles. The molecule has 0 spiro atoms. The van der Waals surface area contributed by atoms with E-state index in [4.69, 9.17) is 5.73 Å². The van der Waals surface area contributed by atoms with E-state index >= 15 is 0 Å². The molecule has 2 heteroatoms. The second-order valence-corrected chi connectivity index (χ2v) is 4.80. The highest BCUT2D eigenvalue weighted by Crippen LogP contribution is 2.29. The number of aryl methyl sites for hydroxylation is 1. The van der Waals surface area contributed by atoms with E-state index in [9.17, 15) is 0 Å². The monoisotopic (exact) mass is 250 g/mol. The van der Waals surface area contributed by atoms with Crippen LogP contribution in [0, 0.1) is 6.92 Å². The van der Waals surface area contributed by atoms with Crippen LogP contribution < -0.4 is 5.73 Å². The number of fused-ring (bicyclic) bond motifs is 1. The van der Waals surface area contributed by atoms with Crippen molar-refractivity contribution < 1.29 is 0 Å². The van der Waals surface area contributed by atoms with E-state index < -0.39 is 0 Å². The van der Waals surface area contributed by atoms with Gasteiger partial charge in [0.1, 0.15) is 0 Å². The minimum absolute atomic E-state index is 0.671. The molecule has 19 heavy (non-hydrogen) atoms. The lowest BCUT2D eigenvalue weighted by Gasteiger charge is -2.10. The quantitative estimate of drug-likeness (QED) is 0.758. The second kappa shape index (κ2) is 4.90. The van der Waals surface area contributed by atoms with E-state index in [1.807, 2.05) is 6.07 Å². The maximum absolute atomic E-state index is 5.78. The number of benzene rings is 2. The Morgan fingerprint density at radius 3 is 2.37 bits per heavy atom. The SMILES string of the molecule is Cc1c(CCN)n(-c2ccccc2)c2ccccc12. The number of hydrogen-bond acceptors (Lipinski definition) is 1. The van der Waals surface area contributed by atoms with Gasteiger partial charge < -0.3 is 10.3 Å². The molecular formula is C17H18N2. The molecule has 96 valence electrons. The van der Waals surface area contributed by atoms with Gasteiger partial charge in [0.15, 0.2) is 0 Å². The first-order valence-corrected chi connectivity index (χ1v) is 6.67. The highest BCUT2D eigenvalue weighted by atomic mass is 15.0. The molecule has 0 fully saturated rings. The van der Waals surface area contributed by atoms with Crippen molar-refractivity contribution in [2.75, 3.05) is 6.54 Å². The smallest absolute Gasteiger partial charge is 0.0534 e. The molecule has 3 rings (SSSR count). The van der Waals surface area contributed by atoms with Crippen LogP contribution in [-0.2, 0) is 6.42 Å². The van der Waals surface area contributed by atoms with Crippen LogP contribution in [0.15, 0.2) is 54.6 Å². The summed E-state index contributed by atoms with van der Waals surface area (Å²) in [5.41, 5.74) is 10.9. The van der Waals surface area contributed by atoms with Gasteiger partial charge in [-0.15, -0.1) is 0 Å². The van der Waals surface area contributed by atoms with Gasteiger partial charge in [-0.25, -0.2) is 0 Å². The Balaban J connectivity index is 2.35. The standard InChI is InChI=1S/C17H18N2/c1-13-15-9-5-6-10-17(15)19(16(13)11-12-18)14-7-3-2-4-8-14/h2-10H,11-12,18H2,1H3. The van der Waals surface area contributed by atoms with Crippen LogP contribution in [0.25, 0.3) is 16.6 Å². The minimum Gasteiger partial charge on any atom is -0.330 e. The Bertz CT molecular complexity index is 696. The predicted molar refractivity (Wildman–Crippen MR) is 80.8 cm³/mol. The molecule has 0 amide bonds. The third kappa shape index (κ3) is 1.94. The van der Waals surface area contributed by atoms with E-state index in [1.165, 1.54) is 27.8 Å². The third-order valence-corrected chi connectivity index (χ3v) is 3.65. The summed E-state index contributed by atoms with van der Waals surface area (Å²) < 4.78 is 2.33. The molecule has 2 aromatic carbocycles. The van der Waals surface area contributed by atoms with Crippen LogP contribution in [0.1, 0.15) is 11.3 Å². The molecule has 2 nitrogen and oxygen atoms in total. The van der Waals surface area contributed by atoms with Crippen molar-refractivity contribution in [3.63, 3.8) is 0 Å². The van der Waals surface area contributed by atoms with Gasteiger partial charge in [0.2, 0.25) is 0 Å². The normalized spacial score (nSPS) is 11.1. The largest absolute Gasteiger partial charge is 0.330 e. The van der Waals surface area contributed by atoms with Crippen LogP contribution >= 0.6 is 0 Å². The topological polar surface area (TPSA) is 30.9 Å². The van der Waals surface area contributed by atoms with E-state index in [0.717, 1.165) is 6.42 Å². The van der Waals surface area contributed by atoms with Crippen molar-refractivity contribution in [2.24, 2.45) is 5.73 Å². The summed E-state index contributed by atoms with van der Waals surface area (Å²) in [5, 5.41) is 1.31. The summed E-state index contributed by atoms with van der Waals surface area (Å²) in [4.78, 5) is 0. The van der Waals surface area contributed by atoms with E-state index in [0.29, 0.717) is 6.54 Å². The molecule has 0 radical (unpaired) electrons. The predicted octanol–water partition coefficient (Wildman–Crippen LogP) is 3.44. The average Bonchev–Trinajstić information content (AvgIpc) is 2.74. The van der Waals surface area contributed by atoms with E-state index in [-0.39, 0.29) is 0 Å². The first kappa shape index (κ1) is 12.0. The molecule has 2 N–H and O–H groups in total. The number of hydrogen-bond donors (Lipinski definition) is 1. The Hall–Kier alpha value is -2.06. The van der Waals surface area contributed by atoms with Gasteiger partial charge in [0.25, 0.3) is 0 Å². The Labute approximate surface area is 113 Å². The molecule has 1 aromatic heterocycles. The van der Waals surface area contributed by atoms with Gasteiger partial charge in [0.05, 0.1) is 5.52 Å². The minimum atomic E-state index is 0.671. The summed E-state index contributed by atoms with van der Waals surface area (Å²) in [5.74, 6) is 0. The summed E-state index contributed by atoms with van der Waals surface area (Å²) >= 11 is 0. The number of nitrogens with two attached hydrogens (primary N) is 1. The van der Waals surface area contributed by atoms with Gasteiger partial charge in [-0.05, 0) is 37.2 Å². The fourth-order valence-corrected chi connectivity index (χ4v) is 2.76.